The number of benzene rings is 2. The van der Waals surface area contributed by atoms with Gasteiger partial charge in [0.15, 0.2) is 0 Å². The Morgan fingerprint density at radius 3 is 2.37 bits per heavy atom. The first-order valence-electron chi connectivity index (χ1n) is 13.6. The summed E-state index contributed by atoms with van der Waals surface area (Å²) in [5.74, 6) is 0.990. The molecular weight excluding hydrogens is 428 g/mol. The highest BCUT2D eigenvalue weighted by atomic mass is 16.5. The predicted molar refractivity (Wildman–Crippen MR) is 147 cm³/mol. The molecule has 4 rings (SSSR count). The van der Waals surface area contributed by atoms with E-state index in [2.05, 4.69) is 95.0 Å². The Morgan fingerprint density at radius 2 is 1.71 bits per heavy atom. The van der Waals surface area contributed by atoms with Crippen LogP contribution in [0.5, 0.6) is 5.75 Å². The van der Waals surface area contributed by atoms with Crippen LogP contribution in [-0.4, -0.2) is 22.5 Å². The van der Waals surface area contributed by atoms with E-state index < -0.39 is 0 Å². The van der Waals surface area contributed by atoms with E-state index in [0.29, 0.717) is 6.04 Å². The molecule has 3 aromatic rings. The number of ether oxygens (including phenoxy) is 1. The first-order valence-corrected chi connectivity index (χ1v) is 13.6. The van der Waals surface area contributed by atoms with Crippen molar-refractivity contribution in [2.24, 2.45) is 0 Å². The Kier molecular flexibility index (Phi) is 8.28. The molecule has 0 saturated heterocycles. The molecule has 0 N–H and O–H groups in total. The van der Waals surface area contributed by atoms with Crippen molar-refractivity contribution < 1.29 is 4.74 Å². The van der Waals surface area contributed by atoms with Gasteiger partial charge in [0.2, 0.25) is 0 Å². The molecule has 1 aliphatic rings. The Labute approximate surface area is 212 Å². The smallest absolute Gasteiger partial charge is 0.128 e. The van der Waals surface area contributed by atoms with Crippen LogP contribution in [0.3, 0.4) is 0 Å². The summed E-state index contributed by atoms with van der Waals surface area (Å²) in [6.07, 6.45) is 5.56. The minimum Gasteiger partial charge on any atom is -0.491 e. The van der Waals surface area contributed by atoms with Crippen LogP contribution in [-0.2, 0) is 25.8 Å². The van der Waals surface area contributed by atoms with Crippen molar-refractivity contribution in [2.75, 3.05) is 6.54 Å². The Balaban J connectivity index is 1.76. The van der Waals surface area contributed by atoms with Crippen LogP contribution in [0, 0.1) is 6.92 Å². The Morgan fingerprint density at radius 1 is 1.00 bits per heavy atom. The van der Waals surface area contributed by atoms with Gasteiger partial charge in [0.1, 0.15) is 5.75 Å². The summed E-state index contributed by atoms with van der Waals surface area (Å²) in [6, 6.07) is 18.3. The summed E-state index contributed by atoms with van der Waals surface area (Å²) in [6.45, 7) is 15.1. The summed E-state index contributed by atoms with van der Waals surface area (Å²) < 4.78 is 6.47. The summed E-state index contributed by atoms with van der Waals surface area (Å²) in [7, 11) is 0. The second-order valence-electron chi connectivity index (χ2n) is 10.1. The van der Waals surface area contributed by atoms with E-state index in [-0.39, 0.29) is 6.10 Å². The summed E-state index contributed by atoms with van der Waals surface area (Å²) in [5.41, 5.74) is 10.4. The third kappa shape index (κ3) is 5.46. The molecule has 35 heavy (non-hydrogen) atoms. The standard InChI is InChI=1S/C32H42N2O/c1-7-13-30-27-17-11-10-14-26(27)18-19-34(30)21-28-23(6)33-29(20-31(28)35-22(4)5)32-24(8-2)15-12-16-25(32)9-3/h10-12,14-17,20,22,30H,7-9,13,18-19,21H2,1-6H3. The van der Waals surface area contributed by atoms with Crippen molar-refractivity contribution in [1.82, 2.24) is 9.88 Å². The number of pyridine rings is 1. The molecule has 3 heteroatoms. The number of nitrogens with zero attached hydrogens (tertiary/aromatic N) is 2. The van der Waals surface area contributed by atoms with Gasteiger partial charge in [-0.3, -0.25) is 9.88 Å². The van der Waals surface area contributed by atoms with Gasteiger partial charge in [-0.1, -0.05) is 69.7 Å². The summed E-state index contributed by atoms with van der Waals surface area (Å²) in [4.78, 5) is 7.86. The molecule has 1 aromatic heterocycles. The zero-order chi connectivity index (χ0) is 24.9. The van der Waals surface area contributed by atoms with Crippen molar-refractivity contribution in [3.8, 4) is 17.0 Å². The van der Waals surface area contributed by atoms with Crippen LogP contribution in [0.4, 0.5) is 0 Å². The zero-order valence-electron chi connectivity index (χ0n) is 22.5. The molecule has 0 saturated carbocycles. The minimum atomic E-state index is 0.115. The molecule has 1 unspecified atom stereocenters. The lowest BCUT2D eigenvalue weighted by Crippen LogP contribution is -2.35. The van der Waals surface area contributed by atoms with Crippen LogP contribution in [0.15, 0.2) is 48.5 Å². The molecule has 0 radical (unpaired) electrons. The number of fused-ring (bicyclic) bond motifs is 1. The quantitative estimate of drug-likeness (QED) is 0.318. The number of aryl methyl sites for hydroxylation is 3. The topological polar surface area (TPSA) is 25.4 Å². The van der Waals surface area contributed by atoms with Gasteiger partial charge in [0.25, 0.3) is 0 Å². The number of hydrogen-bond acceptors (Lipinski definition) is 3. The van der Waals surface area contributed by atoms with E-state index in [4.69, 9.17) is 9.72 Å². The maximum atomic E-state index is 6.47. The van der Waals surface area contributed by atoms with Gasteiger partial charge >= 0.3 is 0 Å². The number of rotatable bonds is 9. The molecular formula is C32H42N2O. The monoisotopic (exact) mass is 470 g/mol. The first-order chi connectivity index (χ1) is 17.0. The lowest BCUT2D eigenvalue weighted by molar-refractivity contribution is 0.160. The van der Waals surface area contributed by atoms with Gasteiger partial charge in [-0.2, -0.15) is 0 Å². The average Bonchev–Trinajstić information content (AvgIpc) is 2.86. The molecule has 1 atom stereocenters. The fourth-order valence-corrected chi connectivity index (χ4v) is 5.63. The fraction of sp³-hybridized carbons (Fsp3) is 0.469. The highest BCUT2D eigenvalue weighted by Crippen LogP contribution is 2.38. The lowest BCUT2D eigenvalue weighted by Gasteiger charge is -2.38. The lowest BCUT2D eigenvalue weighted by atomic mass is 9.89. The molecule has 0 amide bonds. The second-order valence-corrected chi connectivity index (χ2v) is 10.1. The molecule has 186 valence electrons. The SMILES string of the molecule is CCCC1c2ccccc2CCN1Cc1c(OC(C)C)cc(-c2c(CC)cccc2CC)nc1C. The van der Waals surface area contributed by atoms with Crippen molar-refractivity contribution in [2.45, 2.75) is 92.3 Å². The summed E-state index contributed by atoms with van der Waals surface area (Å²) in [5, 5.41) is 0. The average molecular weight is 471 g/mol. The number of aromatic nitrogens is 1. The Bertz CT molecular complexity index is 1130. The van der Waals surface area contributed by atoms with Gasteiger partial charge in [-0.05, 0) is 68.7 Å². The molecule has 1 aliphatic heterocycles. The van der Waals surface area contributed by atoms with Crippen molar-refractivity contribution in [3.05, 3.63) is 82.0 Å². The van der Waals surface area contributed by atoms with E-state index >= 15 is 0 Å². The minimum absolute atomic E-state index is 0.115. The van der Waals surface area contributed by atoms with E-state index in [1.54, 1.807) is 0 Å². The first kappa shape index (κ1) is 25.4. The number of hydrogen-bond donors (Lipinski definition) is 0. The molecule has 0 bridgehead atoms. The Hall–Kier alpha value is -2.65. The van der Waals surface area contributed by atoms with E-state index in [1.165, 1.54) is 46.2 Å². The zero-order valence-corrected chi connectivity index (χ0v) is 22.5. The molecule has 2 aromatic carbocycles. The van der Waals surface area contributed by atoms with Crippen molar-refractivity contribution in [3.63, 3.8) is 0 Å². The van der Waals surface area contributed by atoms with Crippen LogP contribution in [0.2, 0.25) is 0 Å². The molecule has 0 aliphatic carbocycles. The third-order valence-electron chi connectivity index (χ3n) is 7.35. The maximum Gasteiger partial charge on any atom is 0.128 e. The molecule has 0 fully saturated rings. The van der Waals surface area contributed by atoms with Crippen LogP contribution in [0.1, 0.15) is 87.0 Å². The molecule has 0 spiro atoms. The molecule has 2 heterocycles. The predicted octanol–water partition coefficient (Wildman–Crippen LogP) is 7.87. The van der Waals surface area contributed by atoms with E-state index in [0.717, 1.165) is 49.5 Å². The molecule has 3 nitrogen and oxygen atoms in total. The van der Waals surface area contributed by atoms with Gasteiger partial charge < -0.3 is 4.74 Å². The van der Waals surface area contributed by atoms with Gasteiger partial charge in [0.05, 0.1) is 11.8 Å². The summed E-state index contributed by atoms with van der Waals surface area (Å²) >= 11 is 0. The second kappa shape index (κ2) is 11.4. The van der Waals surface area contributed by atoms with Gasteiger partial charge in [-0.15, -0.1) is 0 Å². The van der Waals surface area contributed by atoms with Crippen LogP contribution >= 0.6 is 0 Å². The van der Waals surface area contributed by atoms with Crippen LogP contribution < -0.4 is 4.74 Å². The maximum absolute atomic E-state index is 6.47. The van der Waals surface area contributed by atoms with Crippen molar-refractivity contribution in [1.29, 1.82) is 0 Å². The van der Waals surface area contributed by atoms with Crippen molar-refractivity contribution >= 4 is 0 Å². The van der Waals surface area contributed by atoms with E-state index in [9.17, 15) is 0 Å². The van der Waals surface area contributed by atoms with E-state index in [1.807, 2.05) is 0 Å². The highest BCUT2D eigenvalue weighted by Gasteiger charge is 2.28. The largest absolute Gasteiger partial charge is 0.491 e. The van der Waals surface area contributed by atoms with Gasteiger partial charge in [-0.25, -0.2) is 0 Å². The van der Waals surface area contributed by atoms with Crippen LogP contribution in [0.25, 0.3) is 11.3 Å². The highest BCUT2D eigenvalue weighted by molar-refractivity contribution is 5.70. The normalized spacial score (nSPS) is 15.9. The third-order valence-corrected chi connectivity index (χ3v) is 7.35. The van der Waals surface area contributed by atoms with Gasteiger partial charge in [0, 0.05) is 42.0 Å². The fourth-order valence-electron chi connectivity index (χ4n) is 5.63.